The zero-order valence-corrected chi connectivity index (χ0v) is 12.7. The lowest BCUT2D eigenvalue weighted by Gasteiger charge is -2.05. The molecule has 120 valence electrons. The van der Waals surface area contributed by atoms with Crippen LogP contribution in [0.4, 0.5) is 5.69 Å². The maximum Gasteiger partial charge on any atom is 0.315 e. The van der Waals surface area contributed by atoms with Crippen LogP contribution in [0.25, 0.3) is 0 Å². The number of phenolic OH excluding ortho intramolecular Hbond substituents is 1. The number of hydrogen-bond acceptors (Lipinski definition) is 6. The van der Waals surface area contributed by atoms with Crippen molar-refractivity contribution in [1.29, 1.82) is 0 Å². The third kappa shape index (κ3) is 3.64. The summed E-state index contributed by atoms with van der Waals surface area (Å²) in [5.74, 6) is -0.793. The highest BCUT2D eigenvalue weighted by Gasteiger charge is 2.19. The summed E-state index contributed by atoms with van der Waals surface area (Å²) in [6.45, 7) is 0. The van der Waals surface area contributed by atoms with E-state index >= 15 is 0 Å². The van der Waals surface area contributed by atoms with Crippen molar-refractivity contribution in [2.75, 3.05) is 7.11 Å². The van der Waals surface area contributed by atoms with Crippen LogP contribution in [0.1, 0.15) is 5.56 Å². The zero-order chi connectivity index (χ0) is 17.0. The lowest BCUT2D eigenvalue weighted by molar-refractivity contribution is -0.386. The minimum Gasteiger partial charge on any atom is -0.500 e. The summed E-state index contributed by atoms with van der Waals surface area (Å²) in [6.07, 6.45) is 0.956. The van der Waals surface area contributed by atoms with Gasteiger partial charge in [0, 0.05) is 17.8 Å². The van der Waals surface area contributed by atoms with Gasteiger partial charge in [-0.05, 0) is 18.2 Å². The van der Waals surface area contributed by atoms with Gasteiger partial charge < -0.3 is 9.84 Å². The summed E-state index contributed by atoms with van der Waals surface area (Å²) in [5, 5.41) is 20.6. The van der Waals surface area contributed by atoms with Crippen LogP contribution in [-0.4, -0.2) is 31.8 Å². The molecule has 8 nitrogen and oxygen atoms in total. The molecule has 0 fully saturated rings. The molecule has 0 amide bonds. The molecule has 0 aliphatic rings. The first-order valence-corrected chi connectivity index (χ1v) is 7.70. The van der Waals surface area contributed by atoms with E-state index in [0.29, 0.717) is 0 Å². The molecule has 0 aliphatic carbocycles. The van der Waals surface area contributed by atoms with Gasteiger partial charge in [-0.15, -0.1) is 0 Å². The SMILES string of the molecule is COc1cc(/C=N\S(=O)(=O)c2ccccc2)cc([N+](=O)[O-])c1O. The van der Waals surface area contributed by atoms with Gasteiger partial charge in [-0.3, -0.25) is 10.1 Å². The van der Waals surface area contributed by atoms with Crippen LogP contribution in [0, 0.1) is 10.1 Å². The molecule has 0 aliphatic heterocycles. The maximum atomic E-state index is 12.0. The Morgan fingerprint density at radius 2 is 1.91 bits per heavy atom. The second kappa shape index (κ2) is 6.44. The molecular weight excluding hydrogens is 324 g/mol. The second-order valence-corrected chi connectivity index (χ2v) is 6.00. The van der Waals surface area contributed by atoms with Gasteiger partial charge in [-0.25, -0.2) is 0 Å². The molecule has 0 saturated carbocycles. The smallest absolute Gasteiger partial charge is 0.315 e. The fraction of sp³-hybridized carbons (Fsp3) is 0.0714. The van der Waals surface area contributed by atoms with E-state index < -0.39 is 26.4 Å². The summed E-state index contributed by atoms with van der Waals surface area (Å²) >= 11 is 0. The van der Waals surface area contributed by atoms with Gasteiger partial charge in [-0.1, -0.05) is 18.2 Å². The van der Waals surface area contributed by atoms with Gasteiger partial charge in [0.1, 0.15) is 0 Å². The predicted octanol–water partition coefficient (Wildman–Crippen LogP) is 2.12. The van der Waals surface area contributed by atoms with Crippen molar-refractivity contribution in [3.63, 3.8) is 0 Å². The molecule has 9 heteroatoms. The fourth-order valence-corrected chi connectivity index (χ4v) is 2.65. The van der Waals surface area contributed by atoms with E-state index in [4.69, 9.17) is 4.74 Å². The molecule has 0 aromatic heterocycles. The van der Waals surface area contributed by atoms with Gasteiger partial charge in [0.05, 0.1) is 16.9 Å². The van der Waals surface area contributed by atoms with Gasteiger partial charge in [-0.2, -0.15) is 12.8 Å². The fourth-order valence-electron chi connectivity index (χ4n) is 1.77. The van der Waals surface area contributed by atoms with Crippen molar-refractivity contribution in [2.45, 2.75) is 4.90 Å². The van der Waals surface area contributed by atoms with Gasteiger partial charge in [0.15, 0.2) is 5.75 Å². The maximum absolute atomic E-state index is 12.0. The van der Waals surface area contributed by atoms with Crippen LogP contribution in [-0.2, 0) is 10.0 Å². The Kier molecular flexibility index (Phi) is 4.60. The number of ether oxygens (including phenoxy) is 1. The zero-order valence-electron chi connectivity index (χ0n) is 11.9. The lowest BCUT2D eigenvalue weighted by atomic mass is 10.2. The van der Waals surface area contributed by atoms with Crippen molar-refractivity contribution < 1.29 is 23.2 Å². The monoisotopic (exact) mass is 336 g/mol. The lowest BCUT2D eigenvalue weighted by Crippen LogP contribution is -1.98. The quantitative estimate of drug-likeness (QED) is 0.507. The summed E-state index contributed by atoms with van der Waals surface area (Å²) in [7, 11) is -2.70. The van der Waals surface area contributed by atoms with E-state index in [1.807, 2.05) is 0 Å². The number of hydrogen-bond donors (Lipinski definition) is 1. The highest BCUT2D eigenvalue weighted by molar-refractivity contribution is 7.90. The summed E-state index contributed by atoms with van der Waals surface area (Å²) in [5.41, 5.74) is -0.506. The highest BCUT2D eigenvalue weighted by Crippen LogP contribution is 2.36. The average molecular weight is 336 g/mol. The highest BCUT2D eigenvalue weighted by atomic mass is 32.2. The van der Waals surface area contributed by atoms with Crippen LogP contribution in [0.5, 0.6) is 11.5 Å². The van der Waals surface area contributed by atoms with Crippen molar-refractivity contribution in [3.05, 3.63) is 58.1 Å². The molecule has 0 heterocycles. The van der Waals surface area contributed by atoms with E-state index in [2.05, 4.69) is 4.40 Å². The molecule has 2 aromatic rings. The number of nitro groups is 1. The summed E-state index contributed by atoms with van der Waals surface area (Å²) in [4.78, 5) is 10.1. The first-order valence-electron chi connectivity index (χ1n) is 6.26. The molecule has 0 spiro atoms. The van der Waals surface area contributed by atoms with E-state index in [1.54, 1.807) is 18.2 Å². The van der Waals surface area contributed by atoms with Crippen LogP contribution in [0.15, 0.2) is 51.8 Å². The first kappa shape index (κ1) is 16.4. The summed E-state index contributed by atoms with van der Waals surface area (Å²) in [6, 6.07) is 9.78. The number of aromatic hydroxyl groups is 1. The number of rotatable bonds is 5. The number of nitrogens with zero attached hydrogens (tertiary/aromatic N) is 2. The number of phenols is 1. The van der Waals surface area contributed by atoms with Crippen LogP contribution in [0.3, 0.4) is 0 Å². The molecule has 0 unspecified atom stereocenters. The number of sulfonamides is 1. The standard InChI is InChI=1S/C14H12N2O6S/c1-22-13-8-10(7-12(14(13)17)16(18)19)9-15-23(20,21)11-5-3-2-4-6-11/h2-9,17H,1H3/b15-9-. The Bertz CT molecular complexity index is 862. The number of benzene rings is 2. The summed E-state index contributed by atoms with van der Waals surface area (Å²) < 4.78 is 32.4. The normalized spacial score (nSPS) is 11.5. The molecule has 2 rings (SSSR count). The van der Waals surface area contributed by atoms with E-state index in [0.717, 1.165) is 12.3 Å². The van der Waals surface area contributed by atoms with Gasteiger partial charge in [0.2, 0.25) is 5.75 Å². The molecule has 2 aromatic carbocycles. The van der Waals surface area contributed by atoms with Crippen LogP contribution in [0.2, 0.25) is 0 Å². The Balaban J connectivity index is 2.44. The molecule has 23 heavy (non-hydrogen) atoms. The third-order valence-electron chi connectivity index (χ3n) is 2.88. The molecule has 0 radical (unpaired) electrons. The van der Waals surface area contributed by atoms with E-state index in [1.165, 1.54) is 25.3 Å². The number of methoxy groups -OCH3 is 1. The Hall–Kier alpha value is -2.94. The Morgan fingerprint density at radius 1 is 1.26 bits per heavy atom. The van der Waals surface area contributed by atoms with Gasteiger partial charge >= 0.3 is 5.69 Å². The van der Waals surface area contributed by atoms with Crippen molar-refractivity contribution in [3.8, 4) is 11.5 Å². The molecule has 0 saturated heterocycles. The van der Waals surface area contributed by atoms with Crippen molar-refractivity contribution >= 4 is 21.9 Å². The average Bonchev–Trinajstić information content (AvgIpc) is 2.54. The molecule has 0 bridgehead atoms. The topological polar surface area (TPSA) is 119 Å². The minimum atomic E-state index is -3.92. The van der Waals surface area contributed by atoms with E-state index in [-0.39, 0.29) is 16.2 Å². The van der Waals surface area contributed by atoms with E-state index in [9.17, 15) is 23.6 Å². The molecule has 1 N–H and O–H groups in total. The van der Waals surface area contributed by atoms with Crippen molar-refractivity contribution in [1.82, 2.24) is 0 Å². The Morgan fingerprint density at radius 3 is 2.48 bits per heavy atom. The van der Waals surface area contributed by atoms with Crippen LogP contribution >= 0.6 is 0 Å². The number of nitro benzene ring substituents is 1. The Labute approximate surface area is 131 Å². The van der Waals surface area contributed by atoms with Crippen LogP contribution < -0.4 is 4.74 Å². The molecule has 0 atom stereocenters. The predicted molar refractivity (Wildman–Crippen MR) is 82.5 cm³/mol. The third-order valence-corrected chi connectivity index (χ3v) is 4.13. The second-order valence-electron chi connectivity index (χ2n) is 4.37. The minimum absolute atomic E-state index is 0.00325. The first-order chi connectivity index (χ1) is 10.8. The largest absolute Gasteiger partial charge is 0.500 e. The van der Waals surface area contributed by atoms with Gasteiger partial charge in [0.25, 0.3) is 10.0 Å². The van der Waals surface area contributed by atoms with Crippen molar-refractivity contribution in [2.24, 2.45) is 4.40 Å². The molecular formula is C14H12N2O6S.